The maximum atomic E-state index is 13.7. The van der Waals surface area contributed by atoms with Crippen LogP contribution in [0.2, 0.25) is 0 Å². The molecule has 2 aliphatic carbocycles. The lowest BCUT2D eigenvalue weighted by Crippen LogP contribution is -2.36. The van der Waals surface area contributed by atoms with Crippen LogP contribution in [0, 0.1) is 27.9 Å². The smallest absolute Gasteiger partial charge is 0.378 e. The quantitative estimate of drug-likeness (QED) is 0.514. The van der Waals surface area contributed by atoms with Crippen molar-refractivity contribution < 1.29 is 18.1 Å². The van der Waals surface area contributed by atoms with Crippen molar-refractivity contribution in [3.05, 3.63) is 69.3 Å². The Hall–Kier alpha value is -2.57. The van der Waals surface area contributed by atoms with Gasteiger partial charge < -0.3 is 5.32 Å². The largest absolute Gasteiger partial charge is 0.416 e. The molecule has 2 bridgehead atoms. The average molecular weight is 388 g/mol. The summed E-state index contributed by atoms with van der Waals surface area (Å²) < 4.78 is 41.0. The number of halogens is 3. The van der Waals surface area contributed by atoms with Crippen molar-refractivity contribution in [1.29, 1.82) is 0 Å². The Bertz CT molecular complexity index is 959. The first kappa shape index (κ1) is 17.5. The lowest BCUT2D eigenvalue weighted by molar-refractivity contribution is -0.384. The van der Waals surface area contributed by atoms with Gasteiger partial charge in [0.05, 0.1) is 16.5 Å². The number of nitrogens with one attached hydrogen (secondary N) is 1. The second-order valence-electron chi connectivity index (χ2n) is 8.17. The van der Waals surface area contributed by atoms with Gasteiger partial charge in [-0.2, -0.15) is 13.2 Å². The summed E-state index contributed by atoms with van der Waals surface area (Å²) in [5, 5.41) is 14.6. The fourth-order valence-electron chi connectivity index (χ4n) is 5.92. The Labute approximate surface area is 159 Å². The number of nitrogens with zero attached hydrogens (tertiary/aromatic N) is 1. The zero-order valence-corrected chi connectivity index (χ0v) is 14.9. The van der Waals surface area contributed by atoms with Gasteiger partial charge in [0.1, 0.15) is 0 Å². The van der Waals surface area contributed by atoms with Crippen LogP contribution in [0.15, 0.2) is 42.5 Å². The molecule has 2 saturated carbocycles. The molecule has 1 aliphatic heterocycles. The van der Waals surface area contributed by atoms with Crippen LogP contribution in [-0.2, 0) is 6.18 Å². The number of hydrogen-bond donors (Lipinski definition) is 1. The minimum Gasteiger partial charge on any atom is -0.378 e. The molecular weight excluding hydrogens is 369 g/mol. The standard InChI is InChI=1S/C21H19F3N2O2/c22-21(23,24)16-4-2-1-3-14(16)20-19-12-6-5-11(9-12)18(19)15-10-13(26(27)28)7-8-17(15)25-20/h1-4,7-8,10-12,18-20,25H,5-6,9H2/t11-,12-,18-,19+,20-/m0/s1. The Kier molecular flexibility index (Phi) is 3.73. The zero-order valence-electron chi connectivity index (χ0n) is 14.9. The molecule has 146 valence electrons. The van der Waals surface area contributed by atoms with E-state index < -0.39 is 22.7 Å². The van der Waals surface area contributed by atoms with Crippen LogP contribution in [0.25, 0.3) is 0 Å². The summed E-state index contributed by atoms with van der Waals surface area (Å²) in [6, 6.07) is 10.0. The number of nitro groups is 1. The number of fused-ring (bicyclic) bond motifs is 7. The summed E-state index contributed by atoms with van der Waals surface area (Å²) in [6.45, 7) is 0. The van der Waals surface area contributed by atoms with Gasteiger partial charge in [-0.1, -0.05) is 18.2 Å². The van der Waals surface area contributed by atoms with E-state index >= 15 is 0 Å². The van der Waals surface area contributed by atoms with Gasteiger partial charge in [0.2, 0.25) is 0 Å². The van der Waals surface area contributed by atoms with Gasteiger partial charge in [-0.3, -0.25) is 10.1 Å². The molecule has 2 aromatic rings. The number of nitro benzene ring substituents is 1. The second kappa shape index (κ2) is 5.96. The molecule has 0 amide bonds. The summed E-state index contributed by atoms with van der Waals surface area (Å²) in [4.78, 5) is 10.8. The van der Waals surface area contributed by atoms with E-state index in [1.54, 1.807) is 24.3 Å². The highest BCUT2D eigenvalue weighted by atomic mass is 19.4. The number of anilines is 1. The minimum absolute atomic E-state index is 0.0248. The third kappa shape index (κ3) is 2.52. The second-order valence-corrected chi connectivity index (χ2v) is 8.17. The third-order valence-corrected chi connectivity index (χ3v) is 6.88. The molecule has 2 fully saturated rings. The van der Waals surface area contributed by atoms with Gasteiger partial charge in [-0.15, -0.1) is 0 Å². The van der Waals surface area contributed by atoms with Gasteiger partial charge in [0.25, 0.3) is 5.69 Å². The summed E-state index contributed by atoms with van der Waals surface area (Å²) in [7, 11) is 0. The van der Waals surface area contributed by atoms with E-state index in [4.69, 9.17) is 0 Å². The summed E-state index contributed by atoms with van der Waals surface area (Å²) in [5.74, 6) is 0.831. The van der Waals surface area contributed by atoms with Crippen LogP contribution in [-0.4, -0.2) is 4.92 Å². The SMILES string of the molecule is O=[N+]([O-])c1ccc2c(c1)[C@@H]1[C@H]3CC[C@@H](C3)[C@H]1[C@H](c1ccccc1C(F)(F)F)N2. The molecule has 5 atom stereocenters. The molecule has 0 saturated heterocycles. The van der Waals surface area contributed by atoms with Crippen LogP contribution < -0.4 is 5.32 Å². The number of hydrogen-bond acceptors (Lipinski definition) is 3. The Morgan fingerprint density at radius 3 is 2.54 bits per heavy atom. The highest BCUT2D eigenvalue weighted by molar-refractivity contribution is 5.62. The van der Waals surface area contributed by atoms with Gasteiger partial charge in [-0.25, -0.2) is 0 Å². The van der Waals surface area contributed by atoms with Gasteiger partial charge >= 0.3 is 6.18 Å². The van der Waals surface area contributed by atoms with E-state index in [9.17, 15) is 23.3 Å². The molecule has 0 spiro atoms. The topological polar surface area (TPSA) is 55.2 Å². The van der Waals surface area contributed by atoms with E-state index in [-0.39, 0.29) is 23.1 Å². The van der Waals surface area contributed by atoms with Crippen molar-refractivity contribution in [2.45, 2.75) is 37.4 Å². The van der Waals surface area contributed by atoms with Crippen molar-refractivity contribution in [3.8, 4) is 0 Å². The predicted molar refractivity (Wildman–Crippen MR) is 98.0 cm³/mol. The fraction of sp³-hybridized carbons (Fsp3) is 0.429. The molecule has 5 rings (SSSR count). The molecule has 7 heteroatoms. The highest BCUT2D eigenvalue weighted by Gasteiger charge is 2.55. The van der Waals surface area contributed by atoms with Gasteiger partial charge in [-0.05, 0) is 66.2 Å². The first-order chi connectivity index (χ1) is 13.3. The van der Waals surface area contributed by atoms with Crippen LogP contribution in [0.5, 0.6) is 0 Å². The molecule has 28 heavy (non-hydrogen) atoms. The van der Waals surface area contributed by atoms with Gasteiger partial charge in [0, 0.05) is 17.8 Å². The first-order valence-corrected chi connectivity index (χ1v) is 9.55. The van der Waals surface area contributed by atoms with Crippen LogP contribution in [0.3, 0.4) is 0 Å². The van der Waals surface area contributed by atoms with Crippen molar-refractivity contribution >= 4 is 11.4 Å². The fourth-order valence-corrected chi connectivity index (χ4v) is 5.92. The molecule has 1 heterocycles. The average Bonchev–Trinajstić information content (AvgIpc) is 3.28. The Balaban J connectivity index is 1.65. The van der Waals surface area contributed by atoms with E-state index in [1.165, 1.54) is 12.1 Å². The van der Waals surface area contributed by atoms with Crippen LogP contribution in [0.4, 0.5) is 24.5 Å². The maximum absolute atomic E-state index is 13.7. The number of rotatable bonds is 2. The predicted octanol–water partition coefficient (Wildman–Crippen LogP) is 5.91. The van der Waals surface area contributed by atoms with E-state index in [0.29, 0.717) is 11.8 Å². The molecule has 0 unspecified atom stereocenters. The molecule has 2 aromatic carbocycles. The van der Waals surface area contributed by atoms with E-state index in [0.717, 1.165) is 36.6 Å². The minimum atomic E-state index is -4.42. The highest BCUT2D eigenvalue weighted by Crippen LogP contribution is 2.64. The molecule has 3 aliphatic rings. The van der Waals surface area contributed by atoms with E-state index in [1.807, 2.05) is 0 Å². The Morgan fingerprint density at radius 2 is 1.79 bits per heavy atom. The van der Waals surface area contributed by atoms with Gasteiger partial charge in [0.15, 0.2) is 0 Å². The van der Waals surface area contributed by atoms with Crippen molar-refractivity contribution in [2.75, 3.05) is 5.32 Å². The Morgan fingerprint density at radius 1 is 1.04 bits per heavy atom. The molecule has 4 nitrogen and oxygen atoms in total. The van der Waals surface area contributed by atoms with Crippen LogP contribution >= 0.6 is 0 Å². The molecular formula is C21H19F3N2O2. The number of benzene rings is 2. The summed E-state index contributed by atoms with van der Waals surface area (Å²) >= 11 is 0. The molecule has 0 radical (unpaired) electrons. The van der Waals surface area contributed by atoms with E-state index in [2.05, 4.69) is 5.32 Å². The van der Waals surface area contributed by atoms with Crippen molar-refractivity contribution in [1.82, 2.24) is 0 Å². The maximum Gasteiger partial charge on any atom is 0.416 e. The molecule has 0 aromatic heterocycles. The summed E-state index contributed by atoms with van der Waals surface area (Å²) in [6.07, 6.45) is -1.37. The number of non-ortho nitro benzene ring substituents is 1. The lowest BCUT2D eigenvalue weighted by Gasteiger charge is -2.44. The first-order valence-electron chi connectivity index (χ1n) is 9.55. The monoisotopic (exact) mass is 388 g/mol. The normalized spacial score (nSPS) is 30.5. The number of alkyl halides is 3. The molecule has 1 N–H and O–H groups in total. The third-order valence-electron chi connectivity index (χ3n) is 6.88. The summed E-state index contributed by atoms with van der Waals surface area (Å²) in [5.41, 5.74) is 1.34. The van der Waals surface area contributed by atoms with Crippen molar-refractivity contribution in [2.24, 2.45) is 17.8 Å². The zero-order chi connectivity index (χ0) is 19.6. The van der Waals surface area contributed by atoms with Crippen LogP contribution in [0.1, 0.15) is 47.9 Å². The lowest BCUT2D eigenvalue weighted by atomic mass is 9.67. The van der Waals surface area contributed by atoms with Crippen molar-refractivity contribution in [3.63, 3.8) is 0 Å².